The van der Waals surface area contributed by atoms with Gasteiger partial charge < -0.3 is 15.2 Å². The second-order valence-electron chi connectivity index (χ2n) is 7.62. The van der Waals surface area contributed by atoms with Crippen molar-refractivity contribution < 1.29 is 9.84 Å². The maximum absolute atomic E-state index is 9.76. The van der Waals surface area contributed by atoms with Gasteiger partial charge in [-0.3, -0.25) is 0 Å². The van der Waals surface area contributed by atoms with Crippen LogP contribution in [0.4, 0.5) is 5.95 Å². The molecule has 0 saturated heterocycles. The van der Waals surface area contributed by atoms with Crippen molar-refractivity contribution in [2.24, 2.45) is 0 Å². The molecule has 27 heavy (non-hydrogen) atoms. The molecule has 1 aliphatic rings. The van der Waals surface area contributed by atoms with Gasteiger partial charge in [-0.05, 0) is 51.0 Å². The van der Waals surface area contributed by atoms with Crippen LogP contribution in [0.1, 0.15) is 39.5 Å². The second-order valence-corrected chi connectivity index (χ2v) is 7.62. The van der Waals surface area contributed by atoms with E-state index in [1.165, 1.54) is 12.8 Å². The van der Waals surface area contributed by atoms with Crippen molar-refractivity contribution >= 4 is 17.1 Å². The Labute approximate surface area is 157 Å². The van der Waals surface area contributed by atoms with Crippen molar-refractivity contribution in [3.05, 3.63) is 30.5 Å². The van der Waals surface area contributed by atoms with Gasteiger partial charge in [0.1, 0.15) is 12.4 Å². The molecular formula is C19H24N6O2. The number of nitrogens with zero attached hydrogens (tertiary/aromatic N) is 5. The number of rotatable bonds is 6. The van der Waals surface area contributed by atoms with E-state index in [-0.39, 0.29) is 6.61 Å². The van der Waals surface area contributed by atoms with Gasteiger partial charge in [0.15, 0.2) is 11.2 Å². The summed E-state index contributed by atoms with van der Waals surface area (Å²) in [7, 11) is 0. The average molecular weight is 368 g/mol. The molecule has 2 aromatic heterocycles. The molecule has 1 aromatic carbocycles. The maximum atomic E-state index is 9.76. The Morgan fingerprint density at radius 3 is 2.67 bits per heavy atom. The number of benzene rings is 1. The quantitative estimate of drug-likeness (QED) is 0.690. The van der Waals surface area contributed by atoms with E-state index in [1.54, 1.807) is 24.7 Å². The van der Waals surface area contributed by atoms with Gasteiger partial charge >= 0.3 is 0 Å². The van der Waals surface area contributed by atoms with E-state index in [0.717, 1.165) is 18.5 Å². The van der Waals surface area contributed by atoms with Gasteiger partial charge in [-0.15, -0.1) is 5.10 Å². The molecular weight excluding hydrogens is 344 g/mol. The standard InChI is InChI=1S/C19H24N6O2/c1-19(2,26)12-27-15-9-7-14(8-10-15)25-17-16(23-24-25)11-20-18(22-17)21-13-5-3-4-6-13/h7-11,13,26H,3-6,12H2,1-2H3,(H,20,21,22). The van der Waals surface area contributed by atoms with E-state index in [1.807, 2.05) is 24.3 Å². The Bertz CT molecular complexity index is 910. The summed E-state index contributed by atoms with van der Waals surface area (Å²) in [6.45, 7) is 3.64. The predicted octanol–water partition coefficient (Wildman–Crippen LogP) is 2.71. The van der Waals surface area contributed by atoms with Gasteiger partial charge in [-0.1, -0.05) is 18.1 Å². The third-order valence-electron chi connectivity index (χ3n) is 4.55. The van der Waals surface area contributed by atoms with Crippen molar-refractivity contribution in [1.82, 2.24) is 25.0 Å². The van der Waals surface area contributed by atoms with Crippen LogP contribution in [0.2, 0.25) is 0 Å². The molecule has 8 nitrogen and oxygen atoms in total. The first-order chi connectivity index (χ1) is 13.0. The highest BCUT2D eigenvalue weighted by atomic mass is 16.5. The summed E-state index contributed by atoms with van der Waals surface area (Å²) in [5.41, 5.74) is 1.27. The van der Waals surface area contributed by atoms with Crippen LogP contribution in [-0.2, 0) is 0 Å². The van der Waals surface area contributed by atoms with Gasteiger partial charge in [0.25, 0.3) is 0 Å². The topological polar surface area (TPSA) is 98.0 Å². The Morgan fingerprint density at radius 1 is 1.22 bits per heavy atom. The molecule has 3 aromatic rings. The third kappa shape index (κ3) is 4.16. The van der Waals surface area contributed by atoms with Gasteiger partial charge in [-0.2, -0.15) is 9.67 Å². The number of aliphatic hydroxyl groups is 1. The highest BCUT2D eigenvalue weighted by Crippen LogP contribution is 2.22. The molecule has 0 amide bonds. The monoisotopic (exact) mass is 368 g/mol. The van der Waals surface area contributed by atoms with Crippen molar-refractivity contribution in [3.63, 3.8) is 0 Å². The fourth-order valence-electron chi connectivity index (χ4n) is 3.17. The number of hydrogen-bond acceptors (Lipinski definition) is 7. The molecule has 0 spiro atoms. The predicted molar refractivity (Wildman–Crippen MR) is 102 cm³/mol. The van der Waals surface area contributed by atoms with Gasteiger partial charge in [0.2, 0.25) is 5.95 Å². The first kappa shape index (κ1) is 17.7. The molecule has 4 rings (SSSR count). The van der Waals surface area contributed by atoms with Crippen LogP contribution >= 0.6 is 0 Å². The fourth-order valence-corrected chi connectivity index (χ4v) is 3.17. The van der Waals surface area contributed by atoms with Crippen LogP contribution in [-0.4, -0.2) is 48.3 Å². The molecule has 0 bridgehead atoms. The minimum Gasteiger partial charge on any atom is -0.491 e. The summed E-state index contributed by atoms with van der Waals surface area (Å²) in [5.74, 6) is 1.30. The largest absolute Gasteiger partial charge is 0.491 e. The molecule has 2 N–H and O–H groups in total. The van der Waals surface area contributed by atoms with Crippen molar-refractivity contribution in [2.75, 3.05) is 11.9 Å². The Kier molecular flexibility index (Phi) is 4.65. The molecule has 1 fully saturated rings. The highest BCUT2D eigenvalue weighted by Gasteiger charge is 2.17. The second kappa shape index (κ2) is 7.11. The maximum Gasteiger partial charge on any atom is 0.225 e. The average Bonchev–Trinajstić information content (AvgIpc) is 3.29. The first-order valence-electron chi connectivity index (χ1n) is 9.29. The van der Waals surface area contributed by atoms with Gasteiger partial charge in [-0.25, -0.2) is 4.98 Å². The van der Waals surface area contributed by atoms with Gasteiger partial charge in [0, 0.05) is 6.04 Å². The smallest absolute Gasteiger partial charge is 0.225 e. The summed E-state index contributed by atoms with van der Waals surface area (Å²) in [4.78, 5) is 8.97. The zero-order valence-electron chi connectivity index (χ0n) is 15.6. The first-order valence-corrected chi connectivity index (χ1v) is 9.29. The van der Waals surface area contributed by atoms with E-state index in [4.69, 9.17) is 4.74 Å². The Morgan fingerprint density at radius 2 is 1.96 bits per heavy atom. The zero-order valence-corrected chi connectivity index (χ0v) is 15.6. The van der Waals surface area contributed by atoms with Crippen molar-refractivity contribution in [1.29, 1.82) is 0 Å². The van der Waals surface area contributed by atoms with Crippen LogP contribution in [0.25, 0.3) is 16.9 Å². The number of ether oxygens (including phenoxy) is 1. The molecule has 0 aliphatic heterocycles. The summed E-state index contributed by atoms with van der Waals surface area (Å²) in [5, 5.41) is 21.5. The molecule has 1 aliphatic carbocycles. The lowest BCUT2D eigenvalue weighted by Crippen LogP contribution is -2.27. The fraction of sp³-hybridized carbons (Fsp3) is 0.474. The van der Waals surface area contributed by atoms with Crippen LogP contribution in [0.15, 0.2) is 30.5 Å². The highest BCUT2D eigenvalue weighted by molar-refractivity contribution is 5.72. The van der Waals surface area contributed by atoms with E-state index in [0.29, 0.717) is 28.9 Å². The number of aromatic nitrogens is 5. The van der Waals surface area contributed by atoms with Crippen LogP contribution in [0, 0.1) is 0 Å². The minimum absolute atomic E-state index is 0.224. The van der Waals surface area contributed by atoms with Crippen molar-refractivity contribution in [2.45, 2.75) is 51.2 Å². The summed E-state index contributed by atoms with van der Waals surface area (Å²) in [6, 6.07) is 7.90. The van der Waals surface area contributed by atoms with E-state index in [9.17, 15) is 5.11 Å². The SMILES string of the molecule is CC(C)(O)COc1ccc(-n2nnc3cnc(NC4CCCC4)nc32)cc1. The Hall–Kier alpha value is -2.74. The Balaban J connectivity index is 1.55. The third-order valence-corrected chi connectivity index (χ3v) is 4.55. The lowest BCUT2D eigenvalue weighted by Gasteiger charge is -2.17. The number of hydrogen-bond donors (Lipinski definition) is 2. The van der Waals surface area contributed by atoms with E-state index in [2.05, 4.69) is 25.6 Å². The lowest BCUT2D eigenvalue weighted by molar-refractivity contribution is 0.0285. The molecule has 0 unspecified atom stereocenters. The number of nitrogens with one attached hydrogen (secondary N) is 1. The van der Waals surface area contributed by atoms with Gasteiger partial charge in [0.05, 0.1) is 17.5 Å². The molecule has 0 radical (unpaired) electrons. The van der Waals surface area contributed by atoms with Crippen LogP contribution < -0.4 is 10.1 Å². The van der Waals surface area contributed by atoms with Crippen LogP contribution in [0.5, 0.6) is 5.75 Å². The van der Waals surface area contributed by atoms with E-state index >= 15 is 0 Å². The summed E-state index contributed by atoms with van der Waals surface area (Å²) >= 11 is 0. The molecule has 8 heteroatoms. The molecule has 1 saturated carbocycles. The van der Waals surface area contributed by atoms with Crippen molar-refractivity contribution in [3.8, 4) is 11.4 Å². The van der Waals surface area contributed by atoms with E-state index < -0.39 is 5.60 Å². The molecule has 142 valence electrons. The lowest BCUT2D eigenvalue weighted by atomic mass is 10.2. The zero-order chi connectivity index (χ0) is 18.9. The minimum atomic E-state index is -0.875. The summed E-state index contributed by atoms with van der Waals surface area (Å²) < 4.78 is 7.28. The summed E-state index contributed by atoms with van der Waals surface area (Å²) in [6.07, 6.45) is 6.52. The number of anilines is 1. The molecule has 2 heterocycles. The normalized spacial score (nSPS) is 15.4. The van der Waals surface area contributed by atoms with Crippen LogP contribution in [0.3, 0.4) is 0 Å². The number of fused-ring (bicyclic) bond motifs is 1. The molecule has 0 atom stereocenters.